The van der Waals surface area contributed by atoms with Gasteiger partial charge in [-0.15, -0.1) is 0 Å². The molecule has 0 aliphatic carbocycles. The molecule has 0 saturated heterocycles. The third-order valence-corrected chi connectivity index (χ3v) is 4.57. The Bertz CT molecular complexity index is 877. The number of aromatic nitrogens is 3. The van der Waals surface area contributed by atoms with Crippen molar-refractivity contribution in [2.45, 2.75) is 13.1 Å². The monoisotopic (exact) mass is 379 g/mol. The van der Waals surface area contributed by atoms with Gasteiger partial charge in [0.05, 0.1) is 0 Å². The maximum atomic E-state index is 12.8. The summed E-state index contributed by atoms with van der Waals surface area (Å²) in [6.07, 6.45) is 10.2. The average molecular weight is 379 g/mol. The summed E-state index contributed by atoms with van der Waals surface area (Å²) in [6, 6.07) is 5.88. The molecule has 0 N–H and O–H groups in total. The second-order valence-electron chi connectivity index (χ2n) is 6.23. The van der Waals surface area contributed by atoms with Gasteiger partial charge in [0.2, 0.25) is 11.9 Å². The molecule has 1 amide bonds. The number of anilines is 1. The molecule has 0 aliphatic rings. The minimum atomic E-state index is -0.0678. The minimum Gasteiger partial charge on any atom is -0.347 e. The number of rotatable bonds is 7. The first-order valence-corrected chi connectivity index (χ1v) is 9.42. The highest BCUT2D eigenvalue weighted by Crippen LogP contribution is 2.14. The first-order chi connectivity index (χ1) is 13.1. The average Bonchev–Trinajstić information content (AvgIpc) is 3.20. The highest BCUT2D eigenvalue weighted by atomic mass is 32.1. The van der Waals surface area contributed by atoms with Crippen molar-refractivity contribution in [1.29, 1.82) is 0 Å². The van der Waals surface area contributed by atoms with Gasteiger partial charge < -0.3 is 9.80 Å². The number of carbonyl (C=O) groups excluding carboxylic acids is 1. The van der Waals surface area contributed by atoms with Crippen LogP contribution < -0.4 is 4.90 Å². The van der Waals surface area contributed by atoms with Gasteiger partial charge in [-0.1, -0.05) is 6.07 Å². The maximum absolute atomic E-state index is 12.8. The van der Waals surface area contributed by atoms with Crippen LogP contribution in [0.4, 0.5) is 5.95 Å². The van der Waals surface area contributed by atoms with Crippen LogP contribution in [0.25, 0.3) is 6.08 Å². The van der Waals surface area contributed by atoms with E-state index in [9.17, 15) is 4.79 Å². The highest BCUT2D eigenvalue weighted by Gasteiger charge is 2.13. The van der Waals surface area contributed by atoms with E-state index in [2.05, 4.69) is 20.3 Å². The lowest BCUT2D eigenvalue weighted by molar-refractivity contribution is -0.127. The molecule has 138 valence electrons. The minimum absolute atomic E-state index is 0.0678. The zero-order valence-corrected chi connectivity index (χ0v) is 16.1. The molecule has 3 aromatic heterocycles. The number of nitrogens with zero attached hydrogens (tertiary/aromatic N) is 5. The SMILES string of the molecule is CN(C)c1ncc(C=CC(=O)N(Cc2cccnc2)Cc2ccsc2)cn1. The third kappa shape index (κ3) is 5.46. The molecular formula is C20H21N5OS. The zero-order chi connectivity index (χ0) is 19.1. The van der Waals surface area contributed by atoms with Crippen molar-refractivity contribution in [3.63, 3.8) is 0 Å². The largest absolute Gasteiger partial charge is 0.347 e. The fourth-order valence-corrected chi connectivity index (χ4v) is 3.11. The molecule has 0 atom stereocenters. The lowest BCUT2D eigenvalue weighted by Gasteiger charge is -2.21. The van der Waals surface area contributed by atoms with Crippen molar-refractivity contribution < 1.29 is 4.79 Å². The van der Waals surface area contributed by atoms with Crippen LogP contribution in [0.2, 0.25) is 0 Å². The number of pyridine rings is 1. The Kier molecular flexibility index (Phi) is 6.27. The van der Waals surface area contributed by atoms with E-state index in [-0.39, 0.29) is 5.91 Å². The van der Waals surface area contributed by atoms with Gasteiger partial charge >= 0.3 is 0 Å². The van der Waals surface area contributed by atoms with Crippen molar-refractivity contribution in [2.75, 3.05) is 19.0 Å². The van der Waals surface area contributed by atoms with Crippen molar-refractivity contribution in [1.82, 2.24) is 19.9 Å². The van der Waals surface area contributed by atoms with Gasteiger partial charge in [0.25, 0.3) is 0 Å². The van der Waals surface area contributed by atoms with Gasteiger partial charge in [-0.3, -0.25) is 9.78 Å². The molecule has 0 spiro atoms. The summed E-state index contributed by atoms with van der Waals surface area (Å²) >= 11 is 1.62. The fourth-order valence-electron chi connectivity index (χ4n) is 2.45. The Hall–Kier alpha value is -3.06. The first kappa shape index (κ1) is 18.7. The molecule has 3 heterocycles. The van der Waals surface area contributed by atoms with Gasteiger partial charge in [-0.2, -0.15) is 11.3 Å². The number of amides is 1. The molecule has 0 aliphatic heterocycles. The predicted molar refractivity (Wildman–Crippen MR) is 108 cm³/mol. The van der Waals surface area contributed by atoms with Crippen molar-refractivity contribution >= 4 is 29.3 Å². The number of carbonyl (C=O) groups is 1. The van der Waals surface area contributed by atoms with Crippen molar-refractivity contribution in [2.24, 2.45) is 0 Å². The Labute approximate surface area is 162 Å². The molecule has 0 unspecified atom stereocenters. The lowest BCUT2D eigenvalue weighted by Crippen LogP contribution is -2.28. The molecule has 0 saturated carbocycles. The molecule has 0 bridgehead atoms. The summed E-state index contributed by atoms with van der Waals surface area (Å²) in [7, 11) is 3.77. The normalized spacial score (nSPS) is 10.9. The number of hydrogen-bond acceptors (Lipinski definition) is 6. The van der Waals surface area contributed by atoms with Gasteiger partial charge in [0.15, 0.2) is 0 Å². The van der Waals surface area contributed by atoms with Gasteiger partial charge in [-0.25, -0.2) is 9.97 Å². The van der Waals surface area contributed by atoms with E-state index < -0.39 is 0 Å². The first-order valence-electron chi connectivity index (χ1n) is 8.48. The van der Waals surface area contributed by atoms with E-state index in [1.165, 1.54) is 0 Å². The highest BCUT2D eigenvalue weighted by molar-refractivity contribution is 7.07. The van der Waals surface area contributed by atoms with Crippen LogP contribution in [0.15, 0.2) is 59.8 Å². The van der Waals surface area contributed by atoms with Gasteiger partial charge in [0.1, 0.15) is 0 Å². The Morgan fingerprint density at radius 1 is 1.11 bits per heavy atom. The summed E-state index contributed by atoms with van der Waals surface area (Å²) in [5.74, 6) is 0.566. The topological polar surface area (TPSA) is 62.2 Å². The van der Waals surface area contributed by atoms with Crippen LogP contribution >= 0.6 is 11.3 Å². The predicted octanol–water partition coefficient (Wildman–Crippen LogP) is 3.24. The summed E-state index contributed by atoms with van der Waals surface area (Å²) in [5.41, 5.74) is 2.89. The molecule has 3 aromatic rings. The summed E-state index contributed by atoms with van der Waals surface area (Å²) in [6.45, 7) is 1.06. The van der Waals surface area contributed by atoms with E-state index in [4.69, 9.17) is 0 Å². The second-order valence-corrected chi connectivity index (χ2v) is 7.01. The fraction of sp³-hybridized carbons (Fsp3) is 0.200. The summed E-state index contributed by atoms with van der Waals surface area (Å²) < 4.78 is 0. The molecule has 7 heteroatoms. The molecule has 0 aromatic carbocycles. The van der Waals surface area contributed by atoms with E-state index in [0.717, 1.165) is 16.7 Å². The summed E-state index contributed by atoms with van der Waals surface area (Å²) in [5, 5.41) is 4.07. The van der Waals surface area contributed by atoms with Crippen LogP contribution in [0, 0.1) is 0 Å². The van der Waals surface area contributed by atoms with Crippen LogP contribution in [0.3, 0.4) is 0 Å². The molecular weight excluding hydrogens is 358 g/mol. The Balaban J connectivity index is 1.73. The van der Waals surface area contributed by atoms with Crippen molar-refractivity contribution in [3.05, 3.63) is 76.5 Å². The Morgan fingerprint density at radius 2 is 1.89 bits per heavy atom. The summed E-state index contributed by atoms with van der Waals surface area (Å²) in [4.78, 5) is 29.1. The third-order valence-electron chi connectivity index (χ3n) is 3.84. The molecule has 0 radical (unpaired) electrons. The molecule has 3 rings (SSSR count). The maximum Gasteiger partial charge on any atom is 0.247 e. The molecule has 6 nitrogen and oxygen atoms in total. The van der Waals surface area contributed by atoms with E-state index in [1.807, 2.05) is 42.6 Å². The van der Waals surface area contributed by atoms with Gasteiger partial charge in [-0.05, 0) is 40.1 Å². The smallest absolute Gasteiger partial charge is 0.247 e. The molecule has 0 fully saturated rings. The zero-order valence-electron chi connectivity index (χ0n) is 15.3. The lowest BCUT2D eigenvalue weighted by atomic mass is 10.2. The quantitative estimate of drug-likeness (QED) is 0.590. The van der Waals surface area contributed by atoms with Gasteiger partial charge in [0, 0.05) is 63.6 Å². The standard InChI is InChI=1S/C20H21N5OS/c1-24(2)20-22-11-16(12-23-20)5-6-19(26)25(14-18-7-9-27-15-18)13-17-4-3-8-21-10-17/h3-12,15H,13-14H2,1-2H3. The number of hydrogen-bond donors (Lipinski definition) is 0. The van der Waals surface area contributed by atoms with Crippen LogP contribution in [-0.2, 0) is 17.9 Å². The van der Waals surface area contributed by atoms with E-state index >= 15 is 0 Å². The van der Waals surface area contributed by atoms with Crippen LogP contribution in [-0.4, -0.2) is 39.9 Å². The van der Waals surface area contributed by atoms with E-state index in [1.54, 1.807) is 53.2 Å². The van der Waals surface area contributed by atoms with E-state index in [0.29, 0.717) is 19.0 Å². The number of thiophene rings is 1. The Morgan fingerprint density at radius 3 is 2.52 bits per heavy atom. The van der Waals surface area contributed by atoms with Crippen LogP contribution in [0.1, 0.15) is 16.7 Å². The van der Waals surface area contributed by atoms with Crippen molar-refractivity contribution in [3.8, 4) is 0 Å². The molecule has 27 heavy (non-hydrogen) atoms. The second kappa shape index (κ2) is 9.05. The van der Waals surface area contributed by atoms with Crippen LogP contribution in [0.5, 0.6) is 0 Å².